The first-order valence-electron chi connectivity index (χ1n) is 15.9. The third-order valence-corrected chi connectivity index (χ3v) is 9.24. The number of carbonyl (C=O) groups is 5. The lowest BCUT2D eigenvalue weighted by molar-refractivity contribution is -0.155. The maximum atomic E-state index is 14.2. The van der Waals surface area contributed by atoms with Gasteiger partial charge in [-0.15, -0.1) is 0 Å². The number of hydrogen-bond acceptors (Lipinski definition) is 6. The number of likely N-dealkylation sites (tertiary alicyclic amines) is 2. The smallest absolute Gasteiger partial charge is 0.246 e. The van der Waals surface area contributed by atoms with E-state index < -0.39 is 41.2 Å². The third kappa shape index (κ3) is 7.88. The molecule has 0 bridgehead atoms. The predicted octanol–water partition coefficient (Wildman–Crippen LogP) is 2.13. The van der Waals surface area contributed by atoms with Crippen molar-refractivity contribution in [2.24, 2.45) is 29.4 Å². The van der Waals surface area contributed by atoms with Crippen molar-refractivity contribution in [3.63, 3.8) is 0 Å². The van der Waals surface area contributed by atoms with E-state index >= 15 is 0 Å². The summed E-state index contributed by atoms with van der Waals surface area (Å²) in [5.74, 6) is -2.17. The molecule has 1 unspecified atom stereocenters. The molecule has 2 aliphatic rings. The minimum absolute atomic E-state index is 0.0523. The normalized spacial score (nSPS) is 24.7. The molecule has 0 saturated carbocycles. The van der Waals surface area contributed by atoms with E-state index in [1.54, 1.807) is 16.8 Å². The first-order valence-corrected chi connectivity index (χ1v) is 15.9. The average molecular weight is 607 g/mol. The molecule has 0 radical (unpaired) electrons. The Morgan fingerprint density at radius 1 is 0.930 bits per heavy atom. The summed E-state index contributed by atoms with van der Waals surface area (Å²) in [6.07, 6.45) is 1.83. The Morgan fingerprint density at radius 2 is 1.51 bits per heavy atom. The summed E-state index contributed by atoms with van der Waals surface area (Å²) in [4.78, 5) is 73.1. The molecule has 43 heavy (non-hydrogen) atoms. The number of likely N-dealkylation sites (N-methyl/N-ethyl adjacent to an activating group) is 1. The second kappa shape index (κ2) is 13.9. The van der Waals surface area contributed by atoms with Gasteiger partial charge in [0.15, 0.2) is 0 Å². The SMILES string of the molecule is CC(C)[C@H](N)C(=O)N[C@H](C(=O)N(C)[C@H](C(=O)N1CCC[C@H]1C(=O)N1CCC(C)[C@@]1(C)C(=O)NC(C)(C)C)C(C)C)C(C)C. The molecule has 0 aromatic heterocycles. The van der Waals surface area contributed by atoms with Crippen molar-refractivity contribution < 1.29 is 24.0 Å². The van der Waals surface area contributed by atoms with Crippen molar-refractivity contribution in [1.82, 2.24) is 25.3 Å². The molecule has 2 rings (SSSR count). The van der Waals surface area contributed by atoms with Crippen molar-refractivity contribution >= 4 is 29.5 Å². The Labute approximate surface area is 259 Å². The first kappa shape index (κ1) is 36.5. The Kier molecular flexibility index (Phi) is 11.8. The average Bonchev–Trinajstić information content (AvgIpc) is 3.50. The number of carbonyl (C=O) groups excluding carboxylic acids is 5. The molecule has 0 aromatic carbocycles. The Hall–Kier alpha value is -2.69. The molecule has 6 atom stereocenters. The molecule has 0 spiro atoms. The van der Waals surface area contributed by atoms with E-state index in [9.17, 15) is 24.0 Å². The highest BCUT2D eigenvalue weighted by atomic mass is 16.2. The third-order valence-electron chi connectivity index (χ3n) is 9.24. The van der Waals surface area contributed by atoms with Gasteiger partial charge in [0.05, 0.1) is 6.04 Å². The molecule has 246 valence electrons. The number of nitrogens with one attached hydrogen (secondary N) is 2. The summed E-state index contributed by atoms with van der Waals surface area (Å²) >= 11 is 0. The van der Waals surface area contributed by atoms with Gasteiger partial charge in [0.25, 0.3) is 0 Å². The summed E-state index contributed by atoms with van der Waals surface area (Å²) in [5, 5.41) is 5.86. The topological polar surface area (TPSA) is 145 Å². The fourth-order valence-corrected chi connectivity index (χ4v) is 6.21. The van der Waals surface area contributed by atoms with Crippen LogP contribution in [-0.2, 0) is 24.0 Å². The first-order chi connectivity index (χ1) is 19.7. The van der Waals surface area contributed by atoms with Gasteiger partial charge in [0, 0.05) is 25.7 Å². The highest BCUT2D eigenvalue weighted by molar-refractivity contribution is 5.97. The van der Waals surface area contributed by atoms with Crippen LogP contribution in [0.5, 0.6) is 0 Å². The Bertz CT molecular complexity index is 1050. The van der Waals surface area contributed by atoms with Crippen molar-refractivity contribution in [3.8, 4) is 0 Å². The molecule has 2 aliphatic heterocycles. The van der Waals surface area contributed by atoms with Crippen LogP contribution in [0.25, 0.3) is 0 Å². The van der Waals surface area contributed by atoms with E-state index in [1.165, 1.54) is 4.90 Å². The van der Waals surface area contributed by atoms with Crippen molar-refractivity contribution in [2.45, 2.75) is 131 Å². The maximum Gasteiger partial charge on any atom is 0.246 e. The van der Waals surface area contributed by atoms with E-state index in [0.29, 0.717) is 32.4 Å². The number of amides is 5. The van der Waals surface area contributed by atoms with E-state index in [-0.39, 0.29) is 47.3 Å². The molecular weight excluding hydrogens is 548 g/mol. The van der Waals surface area contributed by atoms with Gasteiger partial charge in [-0.25, -0.2) is 0 Å². The summed E-state index contributed by atoms with van der Waals surface area (Å²) in [5.41, 5.74) is 4.54. The number of nitrogens with two attached hydrogens (primary N) is 1. The second-order valence-corrected chi connectivity index (χ2v) is 14.9. The highest BCUT2D eigenvalue weighted by Crippen LogP contribution is 2.37. The molecule has 5 amide bonds. The monoisotopic (exact) mass is 606 g/mol. The Morgan fingerprint density at radius 3 is 2.00 bits per heavy atom. The van der Waals surface area contributed by atoms with Crippen LogP contribution in [0.3, 0.4) is 0 Å². The van der Waals surface area contributed by atoms with Crippen LogP contribution in [0, 0.1) is 23.7 Å². The van der Waals surface area contributed by atoms with Crippen molar-refractivity contribution in [1.29, 1.82) is 0 Å². The van der Waals surface area contributed by atoms with Gasteiger partial charge >= 0.3 is 0 Å². The van der Waals surface area contributed by atoms with Crippen LogP contribution in [0.4, 0.5) is 0 Å². The molecule has 2 heterocycles. The fourth-order valence-electron chi connectivity index (χ4n) is 6.21. The quantitative estimate of drug-likeness (QED) is 0.347. The molecule has 2 saturated heterocycles. The van der Waals surface area contributed by atoms with Gasteiger partial charge in [-0.05, 0) is 70.6 Å². The summed E-state index contributed by atoms with van der Waals surface area (Å²) in [6, 6.07) is -3.18. The van der Waals surface area contributed by atoms with Crippen LogP contribution >= 0.6 is 0 Å². The standard InChI is InChI=1S/C32H58N6O5/c1-18(2)23(33)26(39)34-24(19(3)4)28(41)36(12)25(20(5)6)29(42)37-16-13-14-22(37)27(40)38-17-15-21(7)32(38,11)30(43)35-31(8,9)10/h18-25H,13-17,33H2,1-12H3,(H,34,39)(H,35,43)/t21?,22-,23-,24-,25-,32-/m0/s1. The van der Waals surface area contributed by atoms with Gasteiger partial charge in [0.2, 0.25) is 29.5 Å². The molecule has 0 aromatic rings. The van der Waals surface area contributed by atoms with Gasteiger partial charge in [-0.3, -0.25) is 24.0 Å². The lowest BCUT2D eigenvalue weighted by Gasteiger charge is -2.42. The largest absolute Gasteiger partial charge is 0.349 e. The zero-order valence-electron chi connectivity index (χ0n) is 28.6. The van der Waals surface area contributed by atoms with E-state index in [4.69, 9.17) is 5.73 Å². The lowest BCUT2D eigenvalue weighted by atomic mass is 9.85. The highest BCUT2D eigenvalue weighted by Gasteiger charge is 2.54. The number of rotatable bonds is 10. The van der Waals surface area contributed by atoms with Crippen LogP contribution in [-0.4, -0.2) is 99.6 Å². The molecular formula is C32H58N6O5. The van der Waals surface area contributed by atoms with Gasteiger partial charge in [-0.1, -0.05) is 48.5 Å². The Balaban J connectivity index is 2.33. The zero-order chi connectivity index (χ0) is 33.2. The zero-order valence-corrected chi connectivity index (χ0v) is 28.6. The van der Waals surface area contributed by atoms with Crippen LogP contribution < -0.4 is 16.4 Å². The van der Waals surface area contributed by atoms with Crippen LogP contribution in [0.15, 0.2) is 0 Å². The molecule has 11 heteroatoms. The number of hydrogen-bond donors (Lipinski definition) is 3. The maximum absolute atomic E-state index is 14.2. The second-order valence-electron chi connectivity index (χ2n) is 14.9. The van der Waals surface area contributed by atoms with E-state index in [0.717, 1.165) is 0 Å². The number of nitrogens with zero attached hydrogens (tertiary/aromatic N) is 3. The van der Waals surface area contributed by atoms with Crippen LogP contribution in [0.2, 0.25) is 0 Å². The van der Waals surface area contributed by atoms with Gasteiger partial charge in [0.1, 0.15) is 23.7 Å². The fraction of sp³-hybridized carbons (Fsp3) is 0.844. The predicted molar refractivity (Wildman–Crippen MR) is 168 cm³/mol. The molecule has 11 nitrogen and oxygen atoms in total. The van der Waals surface area contributed by atoms with Gasteiger partial charge < -0.3 is 31.1 Å². The van der Waals surface area contributed by atoms with Crippen LogP contribution in [0.1, 0.15) is 95.4 Å². The summed E-state index contributed by atoms with van der Waals surface area (Å²) in [7, 11) is 1.58. The lowest BCUT2D eigenvalue weighted by Crippen LogP contribution is -2.64. The minimum atomic E-state index is -1.04. The van der Waals surface area contributed by atoms with E-state index in [2.05, 4.69) is 10.6 Å². The van der Waals surface area contributed by atoms with Crippen molar-refractivity contribution in [3.05, 3.63) is 0 Å². The summed E-state index contributed by atoms with van der Waals surface area (Å²) in [6.45, 7) is 21.5. The van der Waals surface area contributed by atoms with Gasteiger partial charge in [-0.2, -0.15) is 0 Å². The minimum Gasteiger partial charge on any atom is -0.349 e. The molecule has 4 N–H and O–H groups in total. The summed E-state index contributed by atoms with van der Waals surface area (Å²) < 4.78 is 0. The molecule has 0 aliphatic carbocycles. The van der Waals surface area contributed by atoms with Crippen molar-refractivity contribution in [2.75, 3.05) is 20.1 Å². The molecule has 2 fully saturated rings. The van der Waals surface area contributed by atoms with E-state index in [1.807, 2.05) is 76.2 Å².